The van der Waals surface area contributed by atoms with Crippen LogP contribution in [0.15, 0.2) is 12.1 Å². The van der Waals surface area contributed by atoms with Gasteiger partial charge in [0.1, 0.15) is 11.0 Å². The molecule has 0 fully saturated rings. The van der Waals surface area contributed by atoms with Crippen molar-refractivity contribution in [2.24, 2.45) is 11.8 Å². The van der Waals surface area contributed by atoms with Gasteiger partial charge >= 0.3 is 5.97 Å². The molecular weight excluding hydrogens is 264 g/mol. The standard InChI is InChI=1S/C14H21ClN2O2/c1-9(2)7-17(8-10(3)4)13-6-11(14(18)19)5-12(15)16-13/h5-6,9-10H,7-8H2,1-4H3,(H,18,19). The first-order chi connectivity index (χ1) is 8.79. The quantitative estimate of drug-likeness (QED) is 0.812. The first-order valence-electron chi connectivity index (χ1n) is 6.45. The van der Waals surface area contributed by atoms with Gasteiger partial charge < -0.3 is 10.0 Å². The van der Waals surface area contributed by atoms with E-state index in [0.29, 0.717) is 17.7 Å². The number of hydrogen-bond donors (Lipinski definition) is 1. The maximum Gasteiger partial charge on any atom is 0.335 e. The van der Waals surface area contributed by atoms with Crippen LogP contribution in [0.25, 0.3) is 0 Å². The summed E-state index contributed by atoms with van der Waals surface area (Å²) in [5.41, 5.74) is 0.174. The van der Waals surface area contributed by atoms with Gasteiger partial charge in [0.15, 0.2) is 0 Å². The third kappa shape index (κ3) is 5.07. The number of carbonyl (C=O) groups is 1. The van der Waals surface area contributed by atoms with E-state index in [1.54, 1.807) is 6.07 Å². The maximum absolute atomic E-state index is 11.1. The molecule has 1 N–H and O–H groups in total. The van der Waals surface area contributed by atoms with Crippen LogP contribution in [0.3, 0.4) is 0 Å². The minimum Gasteiger partial charge on any atom is -0.478 e. The number of carboxylic acids is 1. The average molecular weight is 285 g/mol. The van der Waals surface area contributed by atoms with Crippen LogP contribution in [0.4, 0.5) is 5.82 Å². The van der Waals surface area contributed by atoms with E-state index < -0.39 is 5.97 Å². The molecule has 0 saturated heterocycles. The summed E-state index contributed by atoms with van der Waals surface area (Å²) >= 11 is 5.91. The van der Waals surface area contributed by atoms with Crippen LogP contribution in [-0.2, 0) is 0 Å². The SMILES string of the molecule is CC(C)CN(CC(C)C)c1cc(C(=O)O)cc(Cl)n1. The zero-order valence-corrected chi connectivity index (χ0v) is 12.6. The summed E-state index contributed by atoms with van der Waals surface area (Å²) in [7, 11) is 0. The van der Waals surface area contributed by atoms with Crippen LogP contribution < -0.4 is 4.90 Å². The molecule has 0 atom stereocenters. The number of rotatable bonds is 6. The Morgan fingerprint density at radius 1 is 1.26 bits per heavy atom. The molecular formula is C14H21ClN2O2. The Labute approximate surface area is 119 Å². The largest absolute Gasteiger partial charge is 0.478 e. The molecule has 0 aliphatic heterocycles. The fraction of sp³-hybridized carbons (Fsp3) is 0.571. The first-order valence-corrected chi connectivity index (χ1v) is 6.83. The molecule has 4 nitrogen and oxygen atoms in total. The Hall–Kier alpha value is -1.29. The van der Waals surface area contributed by atoms with Gasteiger partial charge in [0.25, 0.3) is 0 Å². The van der Waals surface area contributed by atoms with Gasteiger partial charge in [-0.1, -0.05) is 39.3 Å². The highest BCUT2D eigenvalue weighted by atomic mass is 35.5. The van der Waals surface area contributed by atoms with Crippen molar-refractivity contribution in [1.82, 2.24) is 4.98 Å². The summed E-state index contributed by atoms with van der Waals surface area (Å²) in [5, 5.41) is 9.29. The summed E-state index contributed by atoms with van der Waals surface area (Å²) in [6.07, 6.45) is 0. The lowest BCUT2D eigenvalue weighted by Gasteiger charge is -2.27. The summed E-state index contributed by atoms with van der Waals surface area (Å²) in [4.78, 5) is 17.4. The van der Waals surface area contributed by atoms with Crippen LogP contribution >= 0.6 is 11.6 Å². The summed E-state index contributed by atoms with van der Waals surface area (Å²) < 4.78 is 0. The second-order valence-corrected chi connectivity index (χ2v) is 5.92. The molecule has 0 unspecified atom stereocenters. The molecule has 5 heteroatoms. The van der Waals surface area contributed by atoms with Crippen molar-refractivity contribution in [3.8, 4) is 0 Å². The van der Waals surface area contributed by atoms with Gasteiger partial charge in [0.05, 0.1) is 5.56 Å². The third-order valence-electron chi connectivity index (χ3n) is 2.52. The van der Waals surface area contributed by atoms with Gasteiger partial charge in [0.2, 0.25) is 0 Å². The minimum atomic E-state index is -0.986. The molecule has 0 amide bonds. The first kappa shape index (κ1) is 15.8. The highest BCUT2D eigenvalue weighted by Gasteiger charge is 2.15. The number of anilines is 1. The molecule has 106 valence electrons. The van der Waals surface area contributed by atoms with Gasteiger partial charge in [-0.2, -0.15) is 0 Å². The number of pyridine rings is 1. The lowest BCUT2D eigenvalue weighted by atomic mass is 10.1. The van der Waals surface area contributed by atoms with Crippen molar-refractivity contribution >= 4 is 23.4 Å². The second kappa shape index (κ2) is 6.75. The number of nitrogens with zero attached hydrogens (tertiary/aromatic N) is 2. The van der Waals surface area contributed by atoms with Crippen molar-refractivity contribution in [2.75, 3.05) is 18.0 Å². The molecule has 1 rings (SSSR count). The van der Waals surface area contributed by atoms with E-state index in [1.165, 1.54) is 6.07 Å². The molecule has 0 saturated carbocycles. The van der Waals surface area contributed by atoms with Gasteiger partial charge in [-0.15, -0.1) is 0 Å². The van der Waals surface area contributed by atoms with Crippen molar-refractivity contribution in [3.63, 3.8) is 0 Å². The number of aromatic carboxylic acids is 1. The van der Waals surface area contributed by atoms with E-state index >= 15 is 0 Å². The number of aromatic nitrogens is 1. The topological polar surface area (TPSA) is 53.4 Å². The average Bonchev–Trinajstić information content (AvgIpc) is 2.25. The van der Waals surface area contributed by atoms with E-state index in [-0.39, 0.29) is 10.7 Å². The fourth-order valence-electron chi connectivity index (χ4n) is 1.91. The Morgan fingerprint density at radius 3 is 2.21 bits per heavy atom. The number of carboxylic acid groups (broad SMARTS) is 1. The normalized spacial score (nSPS) is 11.1. The number of halogens is 1. The highest BCUT2D eigenvalue weighted by Crippen LogP contribution is 2.20. The fourth-order valence-corrected chi connectivity index (χ4v) is 2.12. The van der Waals surface area contributed by atoms with Crippen LogP contribution in [-0.4, -0.2) is 29.1 Å². The minimum absolute atomic E-state index is 0.174. The van der Waals surface area contributed by atoms with Crippen molar-refractivity contribution in [2.45, 2.75) is 27.7 Å². The second-order valence-electron chi connectivity index (χ2n) is 5.53. The predicted octanol–water partition coefficient (Wildman–Crippen LogP) is 3.55. The summed E-state index contributed by atoms with van der Waals surface area (Å²) in [6, 6.07) is 2.95. The van der Waals surface area contributed by atoms with Crippen molar-refractivity contribution in [3.05, 3.63) is 22.8 Å². The van der Waals surface area contributed by atoms with E-state index in [4.69, 9.17) is 16.7 Å². The van der Waals surface area contributed by atoms with E-state index in [2.05, 4.69) is 37.6 Å². The molecule has 1 aromatic rings. The van der Waals surface area contributed by atoms with Crippen molar-refractivity contribution in [1.29, 1.82) is 0 Å². The maximum atomic E-state index is 11.1. The zero-order chi connectivity index (χ0) is 14.6. The molecule has 1 aromatic heterocycles. The Kier molecular flexibility index (Phi) is 5.60. The van der Waals surface area contributed by atoms with Gasteiger partial charge in [-0.3, -0.25) is 0 Å². The summed E-state index contributed by atoms with van der Waals surface area (Å²) in [6.45, 7) is 10.1. The molecule has 19 heavy (non-hydrogen) atoms. The van der Waals surface area contributed by atoms with Crippen molar-refractivity contribution < 1.29 is 9.90 Å². The Morgan fingerprint density at radius 2 is 1.79 bits per heavy atom. The molecule has 0 spiro atoms. The lowest BCUT2D eigenvalue weighted by molar-refractivity contribution is 0.0697. The van der Waals surface area contributed by atoms with Gasteiger partial charge in [-0.05, 0) is 24.0 Å². The molecule has 0 radical (unpaired) electrons. The predicted molar refractivity (Wildman–Crippen MR) is 78.1 cm³/mol. The van der Waals surface area contributed by atoms with E-state index in [9.17, 15) is 4.79 Å². The van der Waals surface area contributed by atoms with Gasteiger partial charge in [-0.25, -0.2) is 9.78 Å². The third-order valence-corrected chi connectivity index (χ3v) is 2.72. The molecule has 0 bridgehead atoms. The monoisotopic (exact) mass is 284 g/mol. The van der Waals surface area contributed by atoms with Crippen LogP contribution in [0.2, 0.25) is 5.15 Å². The number of hydrogen-bond acceptors (Lipinski definition) is 3. The summed E-state index contributed by atoms with van der Waals surface area (Å²) in [5.74, 6) is 0.576. The van der Waals surface area contributed by atoms with Crippen LogP contribution in [0, 0.1) is 11.8 Å². The molecule has 0 aliphatic rings. The van der Waals surface area contributed by atoms with Crippen LogP contribution in [0.5, 0.6) is 0 Å². The van der Waals surface area contributed by atoms with E-state index in [1.807, 2.05) is 0 Å². The Bertz CT molecular complexity index is 437. The smallest absolute Gasteiger partial charge is 0.335 e. The van der Waals surface area contributed by atoms with Gasteiger partial charge in [0, 0.05) is 13.1 Å². The molecule has 0 aromatic carbocycles. The zero-order valence-electron chi connectivity index (χ0n) is 11.9. The lowest BCUT2D eigenvalue weighted by Crippen LogP contribution is -2.32. The molecule has 0 aliphatic carbocycles. The molecule has 1 heterocycles. The highest BCUT2D eigenvalue weighted by molar-refractivity contribution is 6.29. The van der Waals surface area contributed by atoms with Crippen LogP contribution in [0.1, 0.15) is 38.1 Å². The Balaban J connectivity index is 3.09. The van der Waals surface area contributed by atoms with E-state index in [0.717, 1.165) is 13.1 Å².